The molecule has 0 aliphatic rings. The lowest BCUT2D eigenvalue weighted by Crippen LogP contribution is -2.47. The van der Waals surface area contributed by atoms with Crippen LogP contribution in [0.4, 0.5) is 0 Å². The number of hydrogen-bond donors (Lipinski definition) is 3. The number of nitrogens with one attached hydrogen (secondary N) is 2. The van der Waals surface area contributed by atoms with Crippen LogP contribution in [-0.2, 0) is 16.0 Å². The quantitative estimate of drug-likeness (QED) is 0.384. The van der Waals surface area contributed by atoms with Crippen molar-refractivity contribution in [3.8, 4) is 5.75 Å². The van der Waals surface area contributed by atoms with Gasteiger partial charge in [0.25, 0.3) is 5.91 Å². The highest BCUT2D eigenvalue weighted by Gasteiger charge is 2.25. The molecule has 2 atom stereocenters. The summed E-state index contributed by atoms with van der Waals surface area (Å²) in [6.07, 6.45) is 0.907. The fraction of sp³-hybridized carbons (Fsp3) is 0.208. The lowest BCUT2D eigenvalue weighted by molar-refractivity contribution is -0.142. The number of amides is 1. The minimum absolute atomic E-state index is 0.123. The van der Waals surface area contributed by atoms with Gasteiger partial charge >= 0.3 is 11.6 Å². The van der Waals surface area contributed by atoms with E-state index >= 15 is 0 Å². The van der Waals surface area contributed by atoms with E-state index < -0.39 is 29.6 Å². The summed E-state index contributed by atoms with van der Waals surface area (Å²) < 4.78 is 10.9. The van der Waals surface area contributed by atoms with Crippen molar-refractivity contribution in [1.29, 1.82) is 0 Å². The molecule has 0 aliphatic heterocycles. The molecule has 0 aliphatic carbocycles. The van der Waals surface area contributed by atoms with Gasteiger partial charge in [-0.3, -0.25) is 4.79 Å². The summed E-state index contributed by atoms with van der Waals surface area (Å²) in [7, 11) is 0. The third kappa shape index (κ3) is 4.34. The molecule has 3 N–H and O–H groups in total. The average Bonchev–Trinajstić information content (AvgIpc) is 3.15. The number of H-pyrrole nitrogens is 1. The minimum atomic E-state index is -1.14. The molecule has 2 aromatic heterocycles. The fourth-order valence-corrected chi connectivity index (χ4v) is 3.65. The van der Waals surface area contributed by atoms with Crippen LogP contribution in [0.3, 0.4) is 0 Å². The Morgan fingerprint density at radius 3 is 2.72 bits per heavy atom. The molecule has 0 radical (unpaired) electrons. The first kappa shape index (κ1) is 21.2. The van der Waals surface area contributed by atoms with E-state index in [4.69, 9.17) is 9.15 Å². The Balaban J connectivity index is 1.47. The molecule has 0 bridgehead atoms. The number of aromatic amines is 1. The first-order valence-electron chi connectivity index (χ1n) is 10.1. The number of para-hydroxylation sites is 1. The second kappa shape index (κ2) is 8.58. The largest absolute Gasteiger partial charge is 0.481 e. The Bertz CT molecular complexity index is 1370. The van der Waals surface area contributed by atoms with Crippen molar-refractivity contribution in [2.75, 3.05) is 0 Å². The second-order valence-corrected chi connectivity index (χ2v) is 7.63. The number of carboxylic acid groups (broad SMARTS) is 1. The summed E-state index contributed by atoms with van der Waals surface area (Å²) >= 11 is 0. The van der Waals surface area contributed by atoms with E-state index in [0.29, 0.717) is 11.3 Å². The summed E-state index contributed by atoms with van der Waals surface area (Å²) in [6, 6.07) is 12.8. The molecule has 4 aromatic rings. The first-order chi connectivity index (χ1) is 15.3. The highest BCUT2D eigenvalue weighted by molar-refractivity contribution is 5.88. The summed E-state index contributed by atoms with van der Waals surface area (Å²) in [5, 5.41) is 13.8. The molecule has 0 saturated heterocycles. The molecule has 8 nitrogen and oxygen atoms in total. The van der Waals surface area contributed by atoms with Gasteiger partial charge in [0.2, 0.25) is 0 Å². The van der Waals surface area contributed by atoms with Gasteiger partial charge in [-0.15, -0.1) is 0 Å². The van der Waals surface area contributed by atoms with Crippen molar-refractivity contribution in [2.45, 2.75) is 32.4 Å². The third-order valence-electron chi connectivity index (χ3n) is 5.32. The fourth-order valence-electron chi connectivity index (χ4n) is 3.65. The molecule has 2 aromatic carbocycles. The van der Waals surface area contributed by atoms with Gasteiger partial charge in [-0.2, -0.15) is 0 Å². The van der Waals surface area contributed by atoms with Crippen molar-refractivity contribution in [3.63, 3.8) is 0 Å². The van der Waals surface area contributed by atoms with E-state index in [2.05, 4.69) is 10.3 Å². The maximum absolute atomic E-state index is 12.6. The Hall–Kier alpha value is -4.07. The number of benzene rings is 2. The normalized spacial score (nSPS) is 13.1. The highest BCUT2D eigenvalue weighted by atomic mass is 16.5. The zero-order valence-electron chi connectivity index (χ0n) is 17.5. The number of aliphatic carboxylic acids is 1. The molecule has 8 heteroatoms. The van der Waals surface area contributed by atoms with E-state index in [1.54, 1.807) is 25.3 Å². The van der Waals surface area contributed by atoms with Crippen molar-refractivity contribution in [1.82, 2.24) is 10.3 Å². The molecular formula is C24H22N2O6. The molecule has 0 unspecified atom stereocenters. The number of rotatable bonds is 7. The average molecular weight is 434 g/mol. The minimum Gasteiger partial charge on any atom is -0.481 e. The Morgan fingerprint density at radius 2 is 1.94 bits per heavy atom. The topological polar surface area (TPSA) is 122 Å². The van der Waals surface area contributed by atoms with Gasteiger partial charge in [-0.05, 0) is 43.2 Å². The van der Waals surface area contributed by atoms with Crippen LogP contribution in [0, 0.1) is 6.92 Å². The summed E-state index contributed by atoms with van der Waals surface area (Å²) in [5.74, 6) is -1.38. The van der Waals surface area contributed by atoms with E-state index in [1.165, 1.54) is 19.1 Å². The Labute approximate surface area is 182 Å². The lowest BCUT2D eigenvalue weighted by Gasteiger charge is -2.19. The predicted octanol–water partition coefficient (Wildman–Crippen LogP) is 3.16. The second-order valence-electron chi connectivity index (χ2n) is 7.63. The molecular weight excluding hydrogens is 412 g/mol. The van der Waals surface area contributed by atoms with Gasteiger partial charge in [0.1, 0.15) is 17.4 Å². The van der Waals surface area contributed by atoms with Gasteiger partial charge in [-0.1, -0.05) is 18.2 Å². The number of carboxylic acids is 1. The van der Waals surface area contributed by atoms with Crippen LogP contribution in [0.15, 0.2) is 63.9 Å². The summed E-state index contributed by atoms with van der Waals surface area (Å²) in [4.78, 5) is 39.1. The summed E-state index contributed by atoms with van der Waals surface area (Å²) in [5.41, 5.74) is 2.34. The molecule has 4 rings (SSSR count). The van der Waals surface area contributed by atoms with Gasteiger partial charge in [0.15, 0.2) is 6.10 Å². The maximum Gasteiger partial charge on any atom is 0.336 e. The number of aryl methyl sites for hydroxylation is 1. The molecule has 0 spiro atoms. The molecule has 32 heavy (non-hydrogen) atoms. The van der Waals surface area contributed by atoms with Crippen LogP contribution >= 0.6 is 0 Å². The smallest absolute Gasteiger partial charge is 0.336 e. The third-order valence-corrected chi connectivity index (χ3v) is 5.32. The SMILES string of the molecule is Cc1cc(=O)oc2cc(O[C@@H](C)C(=O)N[C@@H](Cc3c[nH]c4ccccc34)C(=O)O)ccc12. The molecule has 1 amide bonds. The van der Waals surface area contributed by atoms with E-state index in [-0.39, 0.29) is 6.42 Å². The number of aromatic nitrogens is 1. The van der Waals surface area contributed by atoms with E-state index in [0.717, 1.165) is 27.4 Å². The van der Waals surface area contributed by atoms with Crippen LogP contribution in [-0.4, -0.2) is 34.1 Å². The molecule has 164 valence electrons. The van der Waals surface area contributed by atoms with Crippen LogP contribution in [0.1, 0.15) is 18.1 Å². The summed E-state index contributed by atoms with van der Waals surface area (Å²) in [6.45, 7) is 3.33. The number of hydrogen-bond acceptors (Lipinski definition) is 5. The Morgan fingerprint density at radius 1 is 1.16 bits per heavy atom. The van der Waals surface area contributed by atoms with Crippen molar-refractivity contribution >= 4 is 33.7 Å². The highest BCUT2D eigenvalue weighted by Crippen LogP contribution is 2.23. The van der Waals surface area contributed by atoms with Crippen LogP contribution in [0.25, 0.3) is 21.9 Å². The standard InChI is InChI=1S/C24H22N2O6/c1-13-9-22(27)32-21-11-16(7-8-17(13)21)31-14(2)23(28)26-20(24(29)30)10-15-12-25-19-6-4-3-5-18(15)19/h3-9,11-12,14,20,25H,10H2,1-2H3,(H,26,28)(H,29,30)/t14-,20-/m0/s1. The Kier molecular flexibility index (Phi) is 5.68. The van der Waals surface area contributed by atoms with E-state index in [9.17, 15) is 19.5 Å². The first-order valence-corrected chi connectivity index (χ1v) is 10.1. The molecule has 0 fully saturated rings. The maximum atomic E-state index is 12.6. The van der Waals surface area contributed by atoms with Crippen LogP contribution in [0.2, 0.25) is 0 Å². The van der Waals surface area contributed by atoms with Crippen molar-refractivity contribution < 1.29 is 23.8 Å². The van der Waals surface area contributed by atoms with E-state index in [1.807, 2.05) is 24.3 Å². The number of carbonyl (C=O) groups is 2. The monoisotopic (exact) mass is 434 g/mol. The van der Waals surface area contributed by atoms with Gasteiger partial charge in [-0.25, -0.2) is 9.59 Å². The van der Waals surface area contributed by atoms with Crippen LogP contribution < -0.4 is 15.7 Å². The van der Waals surface area contributed by atoms with Gasteiger partial charge in [0.05, 0.1) is 0 Å². The zero-order chi connectivity index (χ0) is 22.8. The number of ether oxygens (including phenoxy) is 1. The molecule has 0 saturated carbocycles. The zero-order valence-corrected chi connectivity index (χ0v) is 17.5. The predicted molar refractivity (Wildman–Crippen MR) is 119 cm³/mol. The number of fused-ring (bicyclic) bond motifs is 2. The van der Waals surface area contributed by atoms with Gasteiger partial charge in [0, 0.05) is 41.0 Å². The number of carbonyl (C=O) groups excluding carboxylic acids is 1. The van der Waals surface area contributed by atoms with Crippen molar-refractivity contribution in [2.24, 2.45) is 0 Å². The van der Waals surface area contributed by atoms with Crippen LogP contribution in [0.5, 0.6) is 5.75 Å². The van der Waals surface area contributed by atoms with Crippen molar-refractivity contribution in [3.05, 3.63) is 76.3 Å². The molecule has 2 heterocycles. The van der Waals surface area contributed by atoms with Gasteiger partial charge < -0.3 is 24.6 Å². The lowest BCUT2D eigenvalue weighted by atomic mass is 10.0.